The van der Waals surface area contributed by atoms with Gasteiger partial charge in [-0.05, 0) is 52.7 Å². The average Bonchev–Trinajstić information content (AvgIpc) is 2.32. The van der Waals surface area contributed by atoms with E-state index in [-0.39, 0.29) is 10.0 Å². The van der Waals surface area contributed by atoms with Crippen molar-refractivity contribution in [3.8, 4) is 0 Å². The first-order chi connectivity index (χ1) is 8.58. The molecule has 0 radical (unpaired) electrons. The summed E-state index contributed by atoms with van der Waals surface area (Å²) in [6.45, 7) is 1.90. The van der Waals surface area contributed by atoms with Crippen molar-refractivity contribution in [1.82, 2.24) is 4.98 Å². The van der Waals surface area contributed by atoms with Gasteiger partial charge in [-0.1, -0.05) is 6.07 Å². The van der Waals surface area contributed by atoms with Crippen LogP contribution in [-0.2, 0) is 0 Å². The second kappa shape index (κ2) is 5.27. The normalized spacial score (nSPS) is 10.2. The number of carbonyl (C=O) groups excluding carboxylic acids is 1. The molecule has 1 aromatic carbocycles. The molecule has 0 aliphatic carbocycles. The molecule has 92 valence electrons. The van der Waals surface area contributed by atoms with Gasteiger partial charge in [0.05, 0.1) is 10.0 Å². The summed E-state index contributed by atoms with van der Waals surface area (Å²) in [6, 6.07) is 7.88. The lowest BCUT2D eigenvalue weighted by molar-refractivity contribution is 0.102. The van der Waals surface area contributed by atoms with E-state index >= 15 is 0 Å². The van der Waals surface area contributed by atoms with E-state index in [0.29, 0.717) is 5.82 Å². The van der Waals surface area contributed by atoms with Crippen molar-refractivity contribution in [2.75, 3.05) is 5.32 Å². The lowest BCUT2D eigenvalue weighted by Crippen LogP contribution is -2.14. The topological polar surface area (TPSA) is 42.0 Å². The Morgan fingerprint density at radius 2 is 2.17 bits per heavy atom. The highest BCUT2D eigenvalue weighted by atomic mass is 79.9. The Morgan fingerprint density at radius 3 is 2.89 bits per heavy atom. The summed E-state index contributed by atoms with van der Waals surface area (Å²) in [5.41, 5.74) is 1.22. The molecule has 0 saturated heterocycles. The van der Waals surface area contributed by atoms with Crippen LogP contribution in [0.1, 0.15) is 15.9 Å². The SMILES string of the molecule is Cc1ccnc(NC(=O)c2cccc(F)c2Br)c1. The third-order valence-electron chi connectivity index (χ3n) is 2.35. The van der Waals surface area contributed by atoms with Crippen LogP contribution in [0.4, 0.5) is 10.2 Å². The molecule has 18 heavy (non-hydrogen) atoms. The maximum Gasteiger partial charge on any atom is 0.258 e. The second-order valence-electron chi connectivity index (χ2n) is 3.77. The van der Waals surface area contributed by atoms with Crippen LogP contribution in [0, 0.1) is 12.7 Å². The third-order valence-corrected chi connectivity index (χ3v) is 3.16. The molecule has 1 amide bonds. The molecule has 0 spiro atoms. The van der Waals surface area contributed by atoms with Crippen LogP contribution >= 0.6 is 15.9 Å². The predicted octanol–water partition coefficient (Wildman–Crippen LogP) is 3.54. The Kier molecular flexibility index (Phi) is 3.72. The number of hydrogen-bond acceptors (Lipinski definition) is 2. The van der Waals surface area contributed by atoms with Gasteiger partial charge < -0.3 is 5.32 Å². The summed E-state index contributed by atoms with van der Waals surface area (Å²) in [4.78, 5) is 16.0. The van der Waals surface area contributed by atoms with Gasteiger partial charge in [-0.2, -0.15) is 0 Å². The Labute approximate surface area is 112 Å². The van der Waals surface area contributed by atoms with Crippen LogP contribution in [0.3, 0.4) is 0 Å². The van der Waals surface area contributed by atoms with E-state index in [1.165, 1.54) is 18.2 Å². The second-order valence-corrected chi connectivity index (χ2v) is 4.57. The molecule has 1 aromatic heterocycles. The summed E-state index contributed by atoms with van der Waals surface area (Å²) in [5.74, 6) is -0.435. The van der Waals surface area contributed by atoms with Crippen molar-refractivity contribution in [2.24, 2.45) is 0 Å². The number of benzene rings is 1. The van der Waals surface area contributed by atoms with Crippen molar-refractivity contribution in [2.45, 2.75) is 6.92 Å². The smallest absolute Gasteiger partial charge is 0.258 e. The molecule has 0 unspecified atom stereocenters. The fourth-order valence-electron chi connectivity index (χ4n) is 1.47. The molecule has 2 rings (SSSR count). The van der Waals surface area contributed by atoms with Gasteiger partial charge in [0.15, 0.2) is 0 Å². The standard InChI is InChI=1S/C13H10BrFN2O/c1-8-5-6-16-11(7-8)17-13(18)9-3-2-4-10(15)12(9)14/h2-7H,1H3,(H,16,17,18). The summed E-state index contributed by atoms with van der Waals surface area (Å²) >= 11 is 3.05. The Morgan fingerprint density at radius 1 is 1.39 bits per heavy atom. The number of halogens is 2. The fourth-order valence-corrected chi connectivity index (χ4v) is 1.91. The van der Waals surface area contributed by atoms with Gasteiger partial charge >= 0.3 is 0 Å². The van der Waals surface area contributed by atoms with Crippen LogP contribution in [0.2, 0.25) is 0 Å². The molecule has 1 N–H and O–H groups in total. The van der Waals surface area contributed by atoms with Crippen molar-refractivity contribution >= 4 is 27.7 Å². The number of carbonyl (C=O) groups is 1. The molecule has 0 fully saturated rings. The zero-order chi connectivity index (χ0) is 13.1. The first-order valence-corrected chi connectivity index (χ1v) is 6.05. The number of pyridine rings is 1. The molecule has 1 heterocycles. The van der Waals surface area contributed by atoms with E-state index < -0.39 is 11.7 Å². The van der Waals surface area contributed by atoms with E-state index in [1.54, 1.807) is 12.3 Å². The Hall–Kier alpha value is -1.75. The van der Waals surface area contributed by atoms with E-state index in [9.17, 15) is 9.18 Å². The van der Waals surface area contributed by atoms with Gasteiger partial charge in [-0.15, -0.1) is 0 Å². The van der Waals surface area contributed by atoms with E-state index in [0.717, 1.165) is 5.56 Å². The molecule has 5 heteroatoms. The van der Waals surface area contributed by atoms with Gasteiger partial charge in [-0.25, -0.2) is 9.37 Å². The fraction of sp³-hybridized carbons (Fsp3) is 0.0769. The number of rotatable bonds is 2. The zero-order valence-corrected chi connectivity index (χ0v) is 11.2. The minimum atomic E-state index is -0.472. The van der Waals surface area contributed by atoms with Crippen LogP contribution < -0.4 is 5.32 Å². The number of hydrogen-bond donors (Lipinski definition) is 1. The molecule has 0 atom stereocenters. The minimum Gasteiger partial charge on any atom is -0.307 e. The maximum atomic E-state index is 13.3. The lowest BCUT2D eigenvalue weighted by Gasteiger charge is -2.07. The highest BCUT2D eigenvalue weighted by molar-refractivity contribution is 9.10. The molecule has 0 bridgehead atoms. The zero-order valence-electron chi connectivity index (χ0n) is 9.58. The summed E-state index contributed by atoms with van der Waals surface area (Å²) < 4.78 is 13.4. The van der Waals surface area contributed by atoms with Gasteiger partial charge in [0, 0.05) is 6.20 Å². The number of aromatic nitrogens is 1. The maximum absolute atomic E-state index is 13.3. The van der Waals surface area contributed by atoms with Gasteiger partial charge in [0.25, 0.3) is 5.91 Å². The van der Waals surface area contributed by atoms with Crippen LogP contribution in [0.5, 0.6) is 0 Å². The van der Waals surface area contributed by atoms with E-state index in [4.69, 9.17) is 0 Å². The van der Waals surface area contributed by atoms with Crippen molar-refractivity contribution < 1.29 is 9.18 Å². The first-order valence-electron chi connectivity index (χ1n) is 5.26. The lowest BCUT2D eigenvalue weighted by atomic mass is 10.2. The van der Waals surface area contributed by atoms with Gasteiger partial charge in [0.2, 0.25) is 0 Å². The summed E-state index contributed by atoms with van der Waals surface area (Å²) in [7, 11) is 0. The minimum absolute atomic E-state index is 0.148. The molecule has 0 aliphatic heterocycles. The molecule has 0 aliphatic rings. The van der Waals surface area contributed by atoms with E-state index in [1.807, 2.05) is 13.0 Å². The van der Waals surface area contributed by atoms with Crippen LogP contribution in [-0.4, -0.2) is 10.9 Å². The summed E-state index contributed by atoms with van der Waals surface area (Å²) in [6.07, 6.45) is 1.60. The molecular formula is C13H10BrFN2O. The van der Waals surface area contributed by atoms with Crippen molar-refractivity contribution in [1.29, 1.82) is 0 Å². The monoisotopic (exact) mass is 308 g/mol. The number of aryl methyl sites for hydroxylation is 1. The summed E-state index contributed by atoms with van der Waals surface area (Å²) in [5, 5.41) is 2.62. The highest BCUT2D eigenvalue weighted by Gasteiger charge is 2.13. The Bertz CT molecular complexity index is 601. The third kappa shape index (κ3) is 2.73. The molecular weight excluding hydrogens is 299 g/mol. The van der Waals surface area contributed by atoms with E-state index in [2.05, 4.69) is 26.2 Å². The Balaban J connectivity index is 2.25. The highest BCUT2D eigenvalue weighted by Crippen LogP contribution is 2.21. The van der Waals surface area contributed by atoms with Gasteiger partial charge in [0.1, 0.15) is 11.6 Å². The molecule has 3 nitrogen and oxygen atoms in total. The average molecular weight is 309 g/mol. The number of anilines is 1. The number of amides is 1. The largest absolute Gasteiger partial charge is 0.307 e. The van der Waals surface area contributed by atoms with Crippen LogP contribution in [0.25, 0.3) is 0 Å². The molecule has 0 saturated carbocycles. The number of nitrogens with zero attached hydrogens (tertiary/aromatic N) is 1. The predicted molar refractivity (Wildman–Crippen MR) is 71.0 cm³/mol. The van der Waals surface area contributed by atoms with Gasteiger partial charge in [-0.3, -0.25) is 4.79 Å². The van der Waals surface area contributed by atoms with Crippen molar-refractivity contribution in [3.63, 3.8) is 0 Å². The number of nitrogens with one attached hydrogen (secondary N) is 1. The molecule has 2 aromatic rings. The van der Waals surface area contributed by atoms with Crippen LogP contribution in [0.15, 0.2) is 41.0 Å². The first kappa shape index (κ1) is 12.7. The van der Waals surface area contributed by atoms with Crippen molar-refractivity contribution in [3.05, 3.63) is 57.9 Å². The quantitative estimate of drug-likeness (QED) is 0.922.